The number of fused-ring (bicyclic) bond motifs is 4. The van der Waals surface area contributed by atoms with Gasteiger partial charge >= 0.3 is 0 Å². The maximum atomic E-state index is 12.5. The standard InChI is InChI=1S/C17H20N2O2/c20-17(18-15-11-19-7-5-12(15)6-8-19)14-3-4-16-13(10-14)2-1-9-21-16/h1-4,10,12,15H,5-9,11H2,(H,18,20). The van der Waals surface area contributed by atoms with E-state index < -0.39 is 0 Å². The lowest BCUT2D eigenvalue weighted by atomic mass is 9.84. The van der Waals surface area contributed by atoms with E-state index in [2.05, 4.69) is 10.2 Å². The molecule has 0 aromatic heterocycles. The van der Waals surface area contributed by atoms with Crippen LogP contribution in [0.5, 0.6) is 5.75 Å². The number of ether oxygens (including phenoxy) is 1. The molecule has 1 aromatic rings. The number of benzene rings is 1. The second kappa shape index (κ2) is 5.19. The summed E-state index contributed by atoms with van der Waals surface area (Å²) in [7, 11) is 0. The van der Waals surface area contributed by atoms with Crippen LogP contribution in [0.2, 0.25) is 0 Å². The summed E-state index contributed by atoms with van der Waals surface area (Å²) in [6.07, 6.45) is 6.42. The molecule has 3 fully saturated rings. The number of nitrogens with one attached hydrogen (secondary N) is 1. The van der Waals surface area contributed by atoms with Crippen molar-refractivity contribution in [3.63, 3.8) is 0 Å². The van der Waals surface area contributed by atoms with E-state index in [0.29, 0.717) is 18.6 Å². The molecule has 4 aliphatic rings. The van der Waals surface area contributed by atoms with Gasteiger partial charge in [0, 0.05) is 23.7 Å². The molecule has 2 bridgehead atoms. The molecule has 0 spiro atoms. The molecule has 1 amide bonds. The van der Waals surface area contributed by atoms with Gasteiger partial charge in [0.15, 0.2) is 0 Å². The number of nitrogens with zero attached hydrogens (tertiary/aromatic N) is 1. The number of hydrogen-bond donors (Lipinski definition) is 1. The number of piperidine rings is 3. The van der Waals surface area contributed by atoms with Crippen molar-refractivity contribution >= 4 is 12.0 Å². The smallest absolute Gasteiger partial charge is 0.251 e. The van der Waals surface area contributed by atoms with Crippen LogP contribution in [0.15, 0.2) is 24.3 Å². The van der Waals surface area contributed by atoms with Gasteiger partial charge in [-0.15, -0.1) is 0 Å². The van der Waals surface area contributed by atoms with Crippen molar-refractivity contribution in [2.75, 3.05) is 26.2 Å². The third-order valence-corrected chi connectivity index (χ3v) is 4.88. The molecule has 4 heterocycles. The highest BCUT2D eigenvalue weighted by atomic mass is 16.5. The fourth-order valence-electron chi connectivity index (χ4n) is 3.64. The summed E-state index contributed by atoms with van der Waals surface area (Å²) < 4.78 is 5.52. The van der Waals surface area contributed by atoms with Gasteiger partial charge < -0.3 is 15.0 Å². The highest BCUT2D eigenvalue weighted by molar-refractivity contribution is 5.95. The largest absolute Gasteiger partial charge is 0.489 e. The Morgan fingerprint density at radius 2 is 2.14 bits per heavy atom. The number of carbonyl (C=O) groups excluding carboxylic acids is 1. The number of carbonyl (C=O) groups is 1. The molecule has 110 valence electrons. The fraction of sp³-hybridized carbons (Fsp3) is 0.471. The van der Waals surface area contributed by atoms with Crippen LogP contribution in [0.1, 0.15) is 28.8 Å². The number of hydrogen-bond acceptors (Lipinski definition) is 3. The molecule has 1 aromatic carbocycles. The summed E-state index contributed by atoms with van der Waals surface area (Å²) in [6.45, 7) is 4.00. The van der Waals surface area contributed by atoms with Crippen molar-refractivity contribution in [2.24, 2.45) is 5.92 Å². The Morgan fingerprint density at radius 1 is 1.29 bits per heavy atom. The molecule has 5 rings (SSSR count). The van der Waals surface area contributed by atoms with Crippen molar-refractivity contribution in [3.05, 3.63) is 35.4 Å². The Morgan fingerprint density at radius 3 is 2.90 bits per heavy atom. The van der Waals surface area contributed by atoms with E-state index in [1.165, 1.54) is 25.9 Å². The average Bonchev–Trinajstić information content (AvgIpc) is 2.55. The Hall–Kier alpha value is -1.81. The first-order chi connectivity index (χ1) is 10.3. The molecule has 1 N–H and O–H groups in total. The number of amides is 1. The zero-order chi connectivity index (χ0) is 14.2. The minimum Gasteiger partial charge on any atom is -0.489 e. The van der Waals surface area contributed by atoms with E-state index in [9.17, 15) is 4.79 Å². The monoisotopic (exact) mass is 284 g/mol. The Kier molecular flexibility index (Phi) is 3.19. The van der Waals surface area contributed by atoms with Crippen LogP contribution in [-0.4, -0.2) is 43.1 Å². The van der Waals surface area contributed by atoms with Crippen LogP contribution < -0.4 is 10.1 Å². The summed E-state index contributed by atoms with van der Waals surface area (Å²) in [4.78, 5) is 14.9. The summed E-state index contributed by atoms with van der Waals surface area (Å²) in [5, 5.41) is 3.23. The molecule has 21 heavy (non-hydrogen) atoms. The van der Waals surface area contributed by atoms with E-state index in [0.717, 1.165) is 23.4 Å². The van der Waals surface area contributed by atoms with E-state index in [4.69, 9.17) is 4.74 Å². The first-order valence-corrected chi connectivity index (χ1v) is 7.76. The Labute approximate surface area is 124 Å². The van der Waals surface area contributed by atoms with Crippen molar-refractivity contribution in [3.8, 4) is 5.75 Å². The van der Waals surface area contributed by atoms with Gasteiger partial charge in [-0.2, -0.15) is 0 Å². The molecular formula is C17H20N2O2. The van der Waals surface area contributed by atoms with Crippen molar-refractivity contribution in [1.82, 2.24) is 10.2 Å². The zero-order valence-corrected chi connectivity index (χ0v) is 12.0. The molecule has 3 saturated heterocycles. The average molecular weight is 284 g/mol. The second-order valence-corrected chi connectivity index (χ2v) is 6.18. The van der Waals surface area contributed by atoms with Crippen molar-refractivity contribution in [2.45, 2.75) is 18.9 Å². The van der Waals surface area contributed by atoms with Gasteiger partial charge in [0.1, 0.15) is 12.4 Å². The molecule has 0 aliphatic carbocycles. The Balaban J connectivity index is 1.49. The predicted molar refractivity (Wildman–Crippen MR) is 81.4 cm³/mol. The van der Waals surface area contributed by atoms with Gasteiger partial charge in [0.25, 0.3) is 5.91 Å². The van der Waals surface area contributed by atoms with Crippen LogP contribution >= 0.6 is 0 Å². The molecule has 4 heteroatoms. The van der Waals surface area contributed by atoms with Crippen molar-refractivity contribution in [1.29, 1.82) is 0 Å². The van der Waals surface area contributed by atoms with E-state index in [1.807, 2.05) is 30.4 Å². The molecule has 1 unspecified atom stereocenters. The summed E-state index contributed by atoms with van der Waals surface area (Å²) >= 11 is 0. The zero-order valence-electron chi connectivity index (χ0n) is 12.0. The van der Waals surface area contributed by atoms with E-state index in [-0.39, 0.29) is 5.91 Å². The third kappa shape index (κ3) is 2.44. The molecular weight excluding hydrogens is 264 g/mol. The lowest BCUT2D eigenvalue weighted by molar-refractivity contribution is 0.0620. The van der Waals surface area contributed by atoms with Gasteiger partial charge in [-0.1, -0.05) is 6.08 Å². The van der Waals surface area contributed by atoms with Crippen LogP contribution in [0.25, 0.3) is 6.08 Å². The van der Waals surface area contributed by atoms with Gasteiger partial charge in [0.05, 0.1) is 0 Å². The van der Waals surface area contributed by atoms with E-state index >= 15 is 0 Å². The summed E-state index contributed by atoms with van der Waals surface area (Å²) in [5.74, 6) is 1.55. The highest BCUT2D eigenvalue weighted by Gasteiger charge is 2.34. The van der Waals surface area contributed by atoms with Gasteiger partial charge in [-0.05, 0) is 56.1 Å². The van der Waals surface area contributed by atoms with Crippen molar-refractivity contribution < 1.29 is 9.53 Å². The molecule has 4 nitrogen and oxygen atoms in total. The minimum atomic E-state index is 0.0375. The van der Waals surface area contributed by atoms with Gasteiger partial charge in [0.2, 0.25) is 0 Å². The molecule has 0 radical (unpaired) electrons. The SMILES string of the molecule is O=C(NC1CN2CCC1CC2)c1ccc2c(c1)C=CCO2. The van der Waals surface area contributed by atoms with Gasteiger partial charge in [-0.3, -0.25) is 4.79 Å². The lowest BCUT2D eigenvalue weighted by Crippen LogP contribution is -2.57. The topological polar surface area (TPSA) is 41.6 Å². The second-order valence-electron chi connectivity index (χ2n) is 6.18. The van der Waals surface area contributed by atoms with Crippen LogP contribution in [0, 0.1) is 5.92 Å². The van der Waals surface area contributed by atoms with Crippen LogP contribution in [-0.2, 0) is 0 Å². The third-order valence-electron chi connectivity index (χ3n) is 4.88. The first kappa shape index (κ1) is 12.9. The van der Waals surface area contributed by atoms with Gasteiger partial charge in [-0.25, -0.2) is 0 Å². The van der Waals surface area contributed by atoms with E-state index in [1.54, 1.807) is 0 Å². The predicted octanol–water partition coefficient (Wildman–Crippen LogP) is 1.92. The molecule has 0 saturated carbocycles. The Bertz CT molecular complexity index is 588. The van der Waals surface area contributed by atoms with Crippen LogP contribution in [0.3, 0.4) is 0 Å². The first-order valence-electron chi connectivity index (χ1n) is 7.76. The lowest BCUT2D eigenvalue weighted by Gasteiger charge is -2.44. The maximum absolute atomic E-state index is 12.5. The fourth-order valence-corrected chi connectivity index (χ4v) is 3.64. The summed E-state index contributed by atoms with van der Waals surface area (Å²) in [6, 6.07) is 5.98. The number of rotatable bonds is 2. The highest BCUT2D eigenvalue weighted by Crippen LogP contribution is 2.28. The normalized spacial score (nSPS) is 29.6. The quantitative estimate of drug-likeness (QED) is 0.902. The molecule has 4 aliphatic heterocycles. The maximum Gasteiger partial charge on any atom is 0.251 e. The minimum absolute atomic E-state index is 0.0375. The van der Waals surface area contributed by atoms with Crippen LogP contribution in [0.4, 0.5) is 0 Å². The molecule has 1 atom stereocenters. The summed E-state index contributed by atoms with van der Waals surface area (Å²) in [5.41, 5.74) is 1.71.